The van der Waals surface area contributed by atoms with Crippen molar-refractivity contribution in [3.63, 3.8) is 0 Å². The molecule has 0 fully saturated rings. The van der Waals surface area contributed by atoms with Crippen LogP contribution in [-0.2, 0) is 16.1 Å². The molecular formula is C13H10N4O4S2. The van der Waals surface area contributed by atoms with Crippen molar-refractivity contribution in [2.75, 3.05) is 5.32 Å². The van der Waals surface area contributed by atoms with Gasteiger partial charge in [-0.25, -0.2) is 9.78 Å². The minimum absolute atomic E-state index is 0.108. The number of nitrogens with one attached hydrogen (secondary N) is 1. The minimum Gasteiger partial charge on any atom is -0.451 e. The number of amides is 1. The molecule has 3 aromatic heterocycles. The molecule has 3 rings (SSSR count). The van der Waals surface area contributed by atoms with Crippen molar-refractivity contribution in [2.24, 2.45) is 0 Å². The van der Waals surface area contributed by atoms with Gasteiger partial charge in [0, 0.05) is 12.3 Å². The molecule has 0 aromatic carbocycles. The first-order chi connectivity index (χ1) is 11.1. The Morgan fingerprint density at radius 1 is 1.35 bits per heavy atom. The van der Waals surface area contributed by atoms with Gasteiger partial charge in [0.25, 0.3) is 5.89 Å². The van der Waals surface area contributed by atoms with E-state index in [4.69, 9.17) is 9.26 Å². The molecule has 0 aliphatic heterocycles. The molecule has 3 heterocycles. The predicted molar refractivity (Wildman–Crippen MR) is 83.1 cm³/mol. The molecule has 3 aromatic rings. The number of thiophene rings is 1. The lowest BCUT2D eigenvalue weighted by Gasteiger charge is -1.98. The largest absolute Gasteiger partial charge is 0.451 e. The summed E-state index contributed by atoms with van der Waals surface area (Å²) in [5, 5.41) is 10.0. The van der Waals surface area contributed by atoms with E-state index in [0.29, 0.717) is 11.0 Å². The van der Waals surface area contributed by atoms with Gasteiger partial charge in [0.05, 0.1) is 4.88 Å². The van der Waals surface area contributed by atoms with Gasteiger partial charge in [-0.05, 0) is 11.4 Å². The van der Waals surface area contributed by atoms with Crippen LogP contribution in [0.3, 0.4) is 0 Å². The number of esters is 1. The van der Waals surface area contributed by atoms with E-state index >= 15 is 0 Å². The second kappa shape index (κ2) is 6.67. The maximum Gasteiger partial charge on any atom is 0.358 e. The average Bonchev–Trinajstić information content (AvgIpc) is 3.24. The standard InChI is InChI=1S/C13H10N4O4S2/c1-7(18)14-13-15-8(6-23-13)12(19)20-5-10-16-11(17-21-10)9-3-2-4-22-9/h2-4,6H,5H2,1H3,(H,14,15,18). The fraction of sp³-hybridized carbons (Fsp3) is 0.154. The molecule has 0 atom stereocenters. The van der Waals surface area contributed by atoms with Gasteiger partial charge in [-0.1, -0.05) is 11.2 Å². The fourth-order valence-electron chi connectivity index (χ4n) is 1.60. The summed E-state index contributed by atoms with van der Waals surface area (Å²) in [5.74, 6) is -0.244. The highest BCUT2D eigenvalue weighted by Crippen LogP contribution is 2.21. The third-order valence-electron chi connectivity index (χ3n) is 2.53. The Morgan fingerprint density at radius 3 is 2.96 bits per heavy atom. The topological polar surface area (TPSA) is 107 Å². The van der Waals surface area contributed by atoms with Crippen LogP contribution in [0, 0.1) is 0 Å². The number of anilines is 1. The van der Waals surface area contributed by atoms with Crippen molar-refractivity contribution in [3.8, 4) is 10.7 Å². The zero-order valence-corrected chi connectivity index (χ0v) is 13.4. The maximum absolute atomic E-state index is 11.9. The Bertz CT molecular complexity index is 825. The smallest absolute Gasteiger partial charge is 0.358 e. The number of carbonyl (C=O) groups excluding carboxylic acids is 2. The van der Waals surface area contributed by atoms with Crippen LogP contribution in [0.4, 0.5) is 5.13 Å². The minimum atomic E-state index is -0.631. The lowest BCUT2D eigenvalue weighted by atomic mass is 10.4. The van der Waals surface area contributed by atoms with Crippen molar-refractivity contribution in [2.45, 2.75) is 13.5 Å². The summed E-state index contributed by atoms with van der Waals surface area (Å²) in [4.78, 5) is 31.8. The zero-order valence-electron chi connectivity index (χ0n) is 11.8. The Labute approximate surface area is 138 Å². The van der Waals surface area contributed by atoms with E-state index in [1.807, 2.05) is 17.5 Å². The quantitative estimate of drug-likeness (QED) is 0.705. The molecule has 8 nitrogen and oxygen atoms in total. The van der Waals surface area contributed by atoms with Gasteiger partial charge in [0.1, 0.15) is 0 Å². The average molecular weight is 350 g/mol. The van der Waals surface area contributed by atoms with E-state index in [0.717, 1.165) is 16.2 Å². The molecule has 0 aliphatic carbocycles. The number of carbonyl (C=O) groups is 2. The van der Waals surface area contributed by atoms with Crippen LogP contribution in [0.5, 0.6) is 0 Å². The molecule has 0 spiro atoms. The van der Waals surface area contributed by atoms with Gasteiger partial charge in [-0.2, -0.15) is 4.98 Å². The van der Waals surface area contributed by atoms with Crippen molar-refractivity contribution in [3.05, 3.63) is 34.5 Å². The predicted octanol–water partition coefficient (Wildman–Crippen LogP) is 2.57. The van der Waals surface area contributed by atoms with Crippen molar-refractivity contribution < 1.29 is 18.8 Å². The molecule has 0 saturated heterocycles. The highest BCUT2D eigenvalue weighted by atomic mass is 32.1. The van der Waals surface area contributed by atoms with Crippen LogP contribution >= 0.6 is 22.7 Å². The van der Waals surface area contributed by atoms with Crippen molar-refractivity contribution >= 4 is 39.7 Å². The number of nitrogens with zero attached hydrogens (tertiary/aromatic N) is 3. The fourth-order valence-corrected chi connectivity index (χ4v) is 2.97. The van der Waals surface area contributed by atoms with Gasteiger partial charge in [-0.3, -0.25) is 4.79 Å². The summed E-state index contributed by atoms with van der Waals surface area (Å²) in [7, 11) is 0. The maximum atomic E-state index is 11.9. The van der Waals surface area contributed by atoms with Gasteiger partial charge >= 0.3 is 5.97 Å². The highest BCUT2D eigenvalue weighted by molar-refractivity contribution is 7.14. The van der Waals surface area contributed by atoms with Gasteiger partial charge < -0.3 is 14.6 Å². The summed E-state index contributed by atoms with van der Waals surface area (Å²) in [6.07, 6.45) is 0. The second-order valence-corrected chi connectivity index (χ2v) is 6.09. The normalized spacial score (nSPS) is 10.5. The number of ether oxygens (including phenoxy) is 1. The Balaban J connectivity index is 1.58. The summed E-state index contributed by atoms with van der Waals surface area (Å²) >= 11 is 2.62. The summed E-state index contributed by atoms with van der Waals surface area (Å²) < 4.78 is 10.1. The number of aromatic nitrogens is 3. The number of hydrogen-bond donors (Lipinski definition) is 1. The Kier molecular flexibility index (Phi) is 4.44. The van der Waals surface area contributed by atoms with Gasteiger partial charge in [0.2, 0.25) is 11.7 Å². The molecule has 1 N–H and O–H groups in total. The molecule has 0 radical (unpaired) electrons. The first-order valence-corrected chi connectivity index (χ1v) is 8.14. The molecule has 1 amide bonds. The van der Waals surface area contributed by atoms with E-state index in [-0.39, 0.29) is 24.1 Å². The van der Waals surface area contributed by atoms with Crippen LogP contribution < -0.4 is 5.32 Å². The zero-order chi connectivity index (χ0) is 16.2. The molecule has 0 unspecified atom stereocenters. The summed E-state index contributed by atoms with van der Waals surface area (Å²) in [6.45, 7) is 1.21. The van der Waals surface area contributed by atoms with Crippen molar-refractivity contribution in [1.29, 1.82) is 0 Å². The molecule has 0 saturated carbocycles. The lowest BCUT2D eigenvalue weighted by molar-refractivity contribution is -0.114. The molecule has 23 heavy (non-hydrogen) atoms. The van der Waals surface area contributed by atoms with Crippen LogP contribution in [0.1, 0.15) is 23.3 Å². The van der Waals surface area contributed by atoms with Crippen LogP contribution in [0.2, 0.25) is 0 Å². The molecular weight excluding hydrogens is 340 g/mol. The third-order valence-corrected chi connectivity index (χ3v) is 4.16. The van der Waals surface area contributed by atoms with Crippen LogP contribution in [0.15, 0.2) is 27.4 Å². The number of thiazole rings is 1. The Hall–Kier alpha value is -2.59. The van der Waals surface area contributed by atoms with E-state index in [1.165, 1.54) is 23.6 Å². The molecule has 10 heteroatoms. The van der Waals surface area contributed by atoms with Crippen molar-refractivity contribution in [1.82, 2.24) is 15.1 Å². The SMILES string of the molecule is CC(=O)Nc1nc(C(=O)OCc2nc(-c3cccs3)no2)cs1. The van der Waals surface area contributed by atoms with Crippen LogP contribution in [-0.4, -0.2) is 27.0 Å². The number of rotatable bonds is 5. The second-order valence-electron chi connectivity index (χ2n) is 4.28. The van der Waals surface area contributed by atoms with Crippen LogP contribution in [0.25, 0.3) is 10.7 Å². The first-order valence-electron chi connectivity index (χ1n) is 6.38. The van der Waals surface area contributed by atoms with E-state index in [2.05, 4.69) is 20.4 Å². The first kappa shape index (κ1) is 15.3. The van der Waals surface area contributed by atoms with E-state index in [9.17, 15) is 9.59 Å². The molecule has 118 valence electrons. The summed E-state index contributed by atoms with van der Waals surface area (Å²) in [5.41, 5.74) is 0.108. The Morgan fingerprint density at radius 2 is 2.22 bits per heavy atom. The monoisotopic (exact) mass is 350 g/mol. The molecule has 0 bridgehead atoms. The van der Waals surface area contributed by atoms with Gasteiger partial charge in [0.15, 0.2) is 17.4 Å². The van der Waals surface area contributed by atoms with Gasteiger partial charge in [-0.15, -0.1) is 22.7 Å². The lowest BCUT2D eigenvalue weighted by Crippen LogP contribution is -2.08. The summed E-state index contributed by atoms with van der Waals surface area (Å²) in [6, 6.07) is 3.75. The molecule has 0 aliphatic rings. The van der Waals surface area contributed by atoms with E-state index in [1.54, 1.807) is 0 Å². The number of hydrogen-bond acceptors (Lipinski definition) is 9. The van der Waals surface area contributed by atoms with E-state index < -0.39 is 5.97 Å². The third kappa shape index (κ3) is 3.79. The highest BCUT2D eigenvalue weighted by Gasteiger charge is 2.15.